The fourth-order valence-electron chi connectivity index (χ4n) is 2.70. The van der Waals surface area contributed by atoms with Crippen LogP contribution in [0.4, 0.5) is 0 Å². The molecule has 1 aromatic rings. The lowest BCUT2D eigenvalue weighted by atomic mass is 10.1. The third-order valence-electron chi connectivity index (χ3n) is 3.26. The van der Waals surface area contributed by atoms with Crippen molar-refractivity contribution in [3.8, 4) is 0 Å². The van der Waals surface area contributed by atoms with Crippen LogP contribution in [0.5, 0.6) is 0 Å². The van der Waals surface area contributed by atoms with Gasteiger partial charge in [0.15, 0.2) is 0 Å². The summed E-state index contributed by atoms with van der Waals surface area (Å²) in [6, 6.07) is 8.75. The van der Waals surface area contributed by atoms with Crippen molar-refractivity contribution < 1.29 is 0 Å². The zero-order valence-corrected chi connectivity index (χ0v) is 12.6. The van der Waals surface area contributed by atoms with Crippen molar-refractivity contribution >= 4 is 14.3 Å². The molecule has 0 fully saturated rings. The summed E-state index contributed by atoms with van der Waals surface area (Å²) < 4.78 is 0. The Morgan fingerprint density at radius 3 is 2.35 bits per heavy atom. The summed E-state index contributed by atoms with van der Waals surface area (Å²) >= 11 is 0. The second kappa shape index (κ2) is 4.11. The molecule has 2 rings (SSSR count). The van der Waals surface area contributed by atoms with Crippen molar-refractivity contribution in [2.75, 3.05) is 0 Å². The van der Waals surface area contributed by atoms with E-state index in [1.807, 2.05) is 0 Å². The molecule has 0 aliphatic heterocycles. The molecule has 92 valence electrons. The molecule has 0 spiro atoms. The number of benzene rings is 1. The van der Waals surface area contributed by atoms with Gasteiger partial charge in [0.25, 0.3) is 0 Å². The van der Waals surface area contributed by atoms with Crippen LogP contribution in [0.2, 0.25) is 13.1 Å². The van der Waals surface area contributed by atoms with E-state index in [9.17, 15) is 0 Å². The Morgan fingerprint density at radius 1 is 1.12 bits per heavy atom. The van der Waals surface area contributed by atoms with Gasteiger partial charge in [0.05, 0.1) is 0 Å². The predicted octanol–water partition coefficient (Wildman–Crippen LogP) is 3.76. The third-order valence-corrected chi connectivity index (χ3v) is 6.56. The second-order valence-corrected chi connectivity index (χ2v) is 10.7. The Labute approximate surface area is 106 Å². The van der Waals surface area contributed by atoms with Gasteiger partial charge in [0.2, 0.25) is 0 Å². The zero-order valence-electron chi connectivity index (χ0n) is 11.6. The van der Waals surface area contributed by atoms with Crippen molar-refractivity contribution in [3.63, 3.8) is 0 Å². The fraction of sp³-hybridized carbons (Fsp3) is 0.467. The quantitative estimate of drug-likeness (QED) is 0.782. The maximum absolute atomic E-state index is 3.84. The molecule has 2 heteroatoms. The van der Waals surface area contributed by atoms with Crippen LogP contribution in [0.25, 0.3) is 6.08 Å². The molecule has 0 saturated heterocycles. The van der Waals surface area contributed by atoms with E-state index in [2.05, 4.69) is 69.2 Å². The van der Waals surface area contributed by atoms with Crippen molar-refractivity contribution in [3.05, 3.63) is 40.6 Å². The summed E-state index contributed by atoms with van der Waals surface area (Å²) in [5.74, 6) is 0. The molecule has 0 radical (unpaired) electrons. The summed E-state index contributed by atoms with van der Waals surface area (Å²) in [5.41, 5.74) is 3.10. The molecular weight excluding hydrogens is 222 g/mol. The molecule has 0 saturated carbocycles. The van der Waals surface area contributed by atoms with Gasteiger partial charge in [-0.15, -0.1) is 0 Å². The molecule has 0 unspecified atom stereocenters. The Balaban J connectivity index is 2.22. The van der Waals surface area contributed by atoms with Gasteiger partial charge in [0.1, 0.15) is 8.24 Å². The molecule has 0 heterocycles. The molecule has 0 aromatic heterocycles. The first-order chi connectivity index (χ1) is 7.78. The molecule has 0 amide bonds. The predicted molar refractivity (Wildman–Crippen MR) is 78.5 cm³/mol. The summed E-state index contributed by atoms with van der Waals surface area (Å²) in [6.07, 6.45) is 3.54. The van der Waals surface area contributed by atoms with Gasteiger partial charge < -0.3 is 4.98 Å². The van der Waals surface area contributed by atoms with Crippen LogP contribution in [-0.2, 0) is 6.42 Å². The highest BCUT2D eigenvalue weighted by Gasteiger charge is 2.32. The Kier molecular flexibility index (Phi) is 3.04. The number of rotatable bonds is 2. The first-order valence-electron chi connectivity index (χ1n) is 6.36. The average Bonchev–Trinajstić information content (AvgIpc) is 2.57. The van der Waals surface area contributed by atoms with Crippen molar-refractivity contribution in [1.29, 1.82) is 0 Å². The van der Waals surface area contributed by atoms with Crippen LogP contribution in [-0.4, -0.2) is 13.8 Å². The molecule has 1 aliphatic carbocycles. The summed E-state index contributed by atoms with van der Waals surface area (Å²) in [5, 5.41) is 1.62. The van der Waals surface area contributed by atoms with Crippen LogP contribution in [0.15, 0.2) is 29.5 Å². The van der Waals surface area contributed by atoms with E-state index in [-0.39, 0.29) is 5.54 Å². The van der Waals surface area contributed by atoms with Crippen LogP contribution in [0.3, 0.4) is 0 Å². The van der Waals surface area contributed by atoms with Gasteiger partial charge in [-0.1, -0.05) is 48.6 Å². The minimum atomic E-state index is -1.49. The van der Waals surface area contributed by atoms with Gasteiger partial charge >= 0.3 is 0 Å². The van der Waals surface area contributed by atoms with Gasteiger partial charge in [-0.25, -0.2) is 0 Å². The van der Waals surface area contributed by atoms with Crippen LogP contribution in [0, 0.1) is 0 Å². The lowest BCUT2D eigenvalue weighted by molar-refractivity contribution is 0.514. The molecule has 0 atom stereocenters. The highest BCUT2D eigenvalue weighted by molar-refractivity contribution is 6.83. The lowest BCUT2D eigenvalue weighted by Crippen LogP contribution is -2.55. The monoisotopic (exact) mass is 245 g/mol. The average molecular weight is 245 g/mol. The van der Waals surface area contributed by atoms with Crippen LogP contribution >= 0.6 is 0 Å². The van der Waals surface area contributed by atoms with E-state index in [0.29, 0.717) is 0 Å². The standard InChI is InChI=1S/C15H23NSi/c1-15(2,3)16-17(4,5)14-10-12-8-6-7-9-13(12)11-14/h6-10,16H,11H2,1-5H3. The number of hydrogen-bond acceptors (Lipinski definition) is 1. The Bertz CT molecular complexity index is 452. The van der Waals surface area contributed by atoms with Crippen molar-refractivity contribution in [1.82, 2.24) is 4.98 Å². The smallest absolute Gasteiger partial charge is 0.148 e. The molecule has 0 bridgehead atoms. The molecule has 17 heavy (non-hydrogen) atoms. The summed E-state index contributed by atoms with van der Waals surface area (Å²) in [6.45, 7) is 11.6. The third kappa shape index (κ3) is 2.88. The summed E-state index contributed by atoms with van der Waals surface area (Å²) in [7, 11) is -1.49. The van der Waals surface area contributed by atoms with E-state index in [1.165, 1.54) is 11.1 Å². The van der Waals surface area contributed by atoms with E-state index >= 15 is 0 Å². The second-order valence-electron chi connectivity index (χ2n) is 6.55. The normalized spacial score (nSPS) is 15.7. The van der Waals surface area contributed by atoms with E-state index in [1.54, 1.807) is 5.20 Å². The minimum Gasteiger partial charge on any atom is -0.329 e. The minimum absolute atomic E-state index is 0.200. The fourth-order valence-corrected chi connectivity index (χ4v) is 5.88. The number of hydrogen-bond donors (Lipinski definition) is 1. The number of allylic oxidation sites excluding steroid dienone is 1. The van der Waals surface area contributed by atoms with Gasteiger partial charge in [-0.05, 0) is 38.3 Å². The van der Waals surface area contributed by atoms with E-state index in [4.69, 9.17) is 0 Å². The largest absolute Gasteiger partial charge is 0.329 e. The highest BCUT2D eigenvalue weighted by atomic mass is 28.3. The zero-order chi connectivity index (χ0) is 12.7. The molecule has 1 nitrogen and oxygen atoms in total. The molecule has 1 aliphatic rings. The maximum atomic E-state index is 3.84. The van der Waals surface area contributed by atoms with Gasteiger partial charge in [-0.2, -0.15) is 0 Å². The first-order valence-corrected chi connectivity index (χ1v) is 9.36. The van der Waals surface area contributed by atoms with E-state index in [0.717, 1.165) is 6.42 Å². The summed E-state index contributed by atoms with van der Waals surface area (Å²) in [4.78, 5) is 3.84. The molecule has 1 aromatic carbocycles. The van der Waals surface area contributed by atoms with Crippen molar-refractivity contribution in [2.24, 2.45) is 0 Å². The Hall–Kier alpha value is -0.863. The first kappa shape index (κ1) is 12.6. The van der Waals surface area contributed by atoms with Crippen LogP contribution in [0.1, 0.15) is 31.9 Å². The lowest BCUT2D eigenvalue weighted by Gasteiger charge is -2.34. The van der Waals surface area contributed by atoms with Crippen LogP contribution < -0.4 is 4.98 Å². The number of fused-ring (bicyclic) bond motifs is 1. The number of nitrogens with one attached hydrogen (secondary N) is 1. The maximum Gasteiger partial charge on any atom is 0.148 e. The van der Waals surface area contributed by atoms with Gasteiger partial charge in [0, 0.05) is 5.54 Å². The highest BCUT2D eigenvalue weighted by Crippen LogP contribution is 2.30. The topological polar surface area (TPSA) is 12.0 Å². The molecular formula is C15H23NSi. The van der Waals surface area contributed by atoms with Crippen molar-refractivity contribution in [2.45, 2.75) is 45.8 Å². The Morgan fingerprint density at radius 2 is 1.76 bits per heavy atom. The van der Waals surface area contributed by atoms with E-state index < -0.39 is 8.24 Å². The SMILES string of the molecule is CC(C)(C)N[Si](C)(C)C1=Cc2ccccc2C1. The van der Waals surface area contributed by atoms with Gasteiger partial charge in [-0.3, -0.25) is 0 Å². The molecule has 1 N–H and O–H groups in total.